The maximum Gasteiger partial charge on any atom is 0.191 e. The maximum atomic E-state index is 10.6. The second-order valence-corrected chi connectivity index (χ2v) is 6.53. The van der Waals surface area contributed by atoms with Gasteiger partial charge in [-0.15, -0.1) is 35.3 Å². The molecule has 2 aromatic heterocycles. The quantitative estimate of drug-likeness (QED) is 0.345. The first kappa shape index (κ1) is 20.8. The molecule has 0 bridgehead atoms. The van der Waals surface area contributed by atoms with Crippen LogP contribution in [-0.4, -0.2) is 38.9 Å². The molecular formula is C15H25IN6OS. The molecule has 1 atom stereocenters. The Morgan fingerprint density at radius 2 is 2.21 bits per heavy atom. The van der Waals surface area contributed by atoms with E-state index in [-0.39, 0.29) is 24.0 Å². The third kappa shape index (κ3) is 5.71. The van der Waals surface area contributed by atoms with E-state index < -0.39 is 5.60 Å². The van der Waals surface area contributed by atoms with Crippen LogP contribution >= 0.6 is 35.3 Å². The van der Waals surface area contributed by atoms with E-state index in [9.17, 15) is 5.11 Å². The van der Waals surface area contributed by atoms with Gasteiger partial charge >= 0.3 is 0 Å². The zero-order valence-electron chi connectivity index (χ0n) is 14.4. The van der Waals surface area contributed by atoms with Crippen LogP contribution in [0.15, 0.2) is 22.9 Å². The zero-order chi connectivity index (χ0) is 16.9. The van der Waals surface area contributed by atoms with Gasteiger partial charge in [0.05, 0.1) is 30.5 Å². The molecule has 2 heterocycles. The zero-order valence-corrected chi connectivity index (χ0v) is 17.6. The average molecular weight is 464 g/mol. The highest BCUT2D eigenvalue weighted by molar-refractivity contribution is 14.0. The first-order chi connectivity index (χ1) is 10.9. The van der Waals surface area contributed by atoms with Crippen LogP contribution in [0.5, 0.6) is 0 Å². The Bertz CT molecular complexity index is 666. The summed E-state index contributed by atoms with van der Waals surface area (Å²) in [7, 11) is 1.83. The summed E-state index contributed by atoms with van der Waals surface area (Å²) < 4.78 is 1.68. The van der Waals surface area contributed by atoms with Gasteiger partial charge in [-0.05, 0) is 20.8 Å². The topological polar surface area (TPSA) is 87.4 Å². The average Bonchev–Trinajstić information content (AvgIpc) is 3.11. The number of aryl methyl sites for hydroxylation is 2. The minimum absolute atomic E-state index is 0. The van der Waals surface area contributed by atoms with Crippen LogP contribution < -0.4 is 10.6 Å². The first-order valence-corrected chi connectivity index (χ1v) is 8.43. The molecule has 0 saturated heterocycles. The first-order valence-electron chi connectivity index (χ1n) is 7.55. The van der Waals surface area contributed by atoms with Gasteiger partial charge in [-0.25, -0.2) is 9.98 Å². The number of guanidine groups is 1. The molecule has 134 valence electrons. The summed E-state index contributed by atoms with van der Waals surface area (Å²) in [5.41, 5.74) is 2.58. The Balaban J connectivity index is 0.00000288. The van der Waals surface area contributed by atoms with Gasteiger partial charge in [0, 0.05) is 30.2 Å². The van der Waals surface area contributed by atoms with E-state index in [4.69, 9.17) is 0 Å². The molecule has 1 unspecified atom stereocenters. The van der Waals surface area contributed by atoms with Crippen molar-refractivity contribution in [3.05, 3.63) is 34.0 Å². The highest BCUT2D eigenvalue weighted by Gasteiger charge is 2.24. The Hall–Kier alpha value is -1.20. The van der Waals surface area contributed by atoms with Crippen LogP contribution in [0.2, 0.25) is 0 Å². The predicted molar refractivity (Wildman–Crippen MR) is 108 cm³/mol. The van der Waals surface area contributed by atoms with E-state index in [1.165, 1.54) is 0 Å². The molecule has 7 nitrogen and oxygen atoms in total. The largest absolute Gasteiger partial charge is 0.383 e. The van der Waals surface area contributed by atoms with Crippen molar-refractivity contribution in [1.29, 1.82) is 0 Å². The predicted octanol–water partition coefficient (Wildman–Crippen LogP) is 1.77. The van der Waals surface area contributed by atoms with Crippen molar-refractivity contribution >= 4 is 41.3 Å². The molecule has 0 spiro atoms. The summed E-state index contributed by atoms with van der Waals surface area (Å²) in [6.07, 6.45) is 3.48. The normalized spacial score (nSPS) is 14.0. The highest BCUT2D eigenvalue weighted by Crippen LogP contribution is 2.18. The van der Waals surface area contributed by atoms with Gasteiger partial charge in [-0.1, -0.05) is 0 Å². The lowest BCUT2D eigenvalue weighted by Gasteiger charge is -2.23. The molecule has 2 rings (SSSR count). The maximum absolute atomic E-state index is 10.6. The van der Waals surface area contributed by atoms with Crippen LogP contribution in [0.4, 0.5) is 0 Å². The lowest BCUT2D eigenvalue weighted by atomic mass is 10.00. The molecular weight excluding hydrogens is 439 g/mol. The molecule has 9 heteroatoms. The van der Waals surface area contributed by atoms with E-state index >= 15 is 0 Å². The van der Waals surface area contributed by atoms with Crippen molar-refractivity contribution in [3.63, 3.8) is 0 Å². The lowest BCUT2D eigenvalue weighted by molar-refractivity contribution is 0.0616. The molecule has 0 aliphatic heterocycles. The van der Waals surface area contributed by atoms with Gasteiger partial charge in [-0.3, -0.25) is 4.68 Å². The Labute approximate surface area is 163 Å². The van der Waals surface area contributed by atoms with Gasteiger partial charge in [0.15, 0.2) is 5.96 Å². The van der Waals surface area contributed by atoms with Crippen molar-refractivity contribution in [2.45, 2.75) is 32.9 Å². The van der Waals surface area contributed by atoms with Crippen molar-refractivity contribution in [3.8, 4) is 0 Å². The standard InChI is InChI=1S/C15H24N6OS.HI/c1-5-16-14(17-7-13-11(2)19-10-23-13)18-9-15(3,22)12-6-20-21(4)8-12;/h6,8,10,22H,5,7,9H2,1-4H3,(H2,16,17,18);1H. The molecule has 3 N–H and O–H groups in total. The molecule has 0 amide bonds. The Morgan fingerprint density at radius 1 is 1.46 bits per heavy atom. The van der Waals surface area contributed by atoms with Gasteiger partial charge in [0.1, 0.15) is 5.60 Å². The third-order valence-corrected chi connectivity index (χ3v) is 4.42. The van der Waals surface area contributed by atoms with Crippen molar-refractivity contribution in [2.24, 2.45) is 12.0 Å². The SMILES string of the molecule is CCNC(=NCc1scnc1C)NCC(C)(O)c1cnn(C)c1.I. The van der Waals surface area contributed by atoms with E-state index in [1.807, 2.05) is 32.6 Å². The number of hydrogen-bond acceptors (Lipinski definition) is 5. The fourth-order valence-electron chi connectivity index (χ4n) is 2.03. The lowest BCUT2D eigenvalue weighted by Crippen LogP contribution is -2.44. The molecule has 0 aliphatic carbocycles. The van der Waals surface area contributed by atoms with E-state index in [0.717, 1.165) is 22.7 Å². The monoisotopic (exact) mass is 464 g/mol. The Morgan fingerprint density at radius 3 is 2.75 bits per heavy atom. The number of rotatable bonds is 6. The summed E-state index contributed by atoms with van der Waals surface area (Å²) >= 11 is 1.60. The fraction of sp³-hybridized carbons (Fsp3) is 0.533. The summed E-state index contributed by atoms with van der Waals surface area (Å²) in [5, 5.41) is 21.1. The number of thiazole rings is 1. The molecule has 0 aliphatic rings. The van der Waals surface area contributed by atoms with Gasteiger partial charge in [0.2, 0.25) is 0 Å². The summed E-state index contributed by atoms with van der Waals surface area (Å²) in [6, 6.07) is 0. The molecule has 0 aromatic carbocycles. The number of nitrogens with one attached hydrogen (secondary N) is 2. The van der Waals surface area contributed by atoms with E-state index in [0.29, 0.717) is 19.0 Å². The van der Waals surface area contributed by atoms with Crippen molar-refractivity contribution in [2.75, 3.05) is 13.1 Å². The Kier molecular flexibility index (Phi) is 8.10. The number of aliphatic hydroxyl groups is 1. The fourth-order valence-corrected chi connectivity index (χ4v) is 2.73. The van der Waals surface area contributed by atoms with Crippen molar-refractivity contribution in [1.82, 2.24) is 25.4 Å². The van der Waals surface area contributed by atoms with Crippen LogP contribution in [0.3, 0.4) is 0 Å². The van der Waals surface area contributed by atoms with Crippen LogP contribution in [0.1, 0.15) is 30.0 Å². The van der Waals surface area contributed by atoms with Gasteiger partial charge in [-0.2, -0.15) is 5.10 Å². The van der Waals surface area contributed by atoms with Crippen molar-refractivity contribution < 1.29 is 5.11 Å². The number of aliphatic imine (C=N–C) groups is 1. The summed E-state index contributed by atoms with van der Waals surface area (Å²) in [4.78, 5) is 9.92. The molecule has 0 saturated carbocycles. The van der Waals surface area contributed by atoms with Crippen LogP contribution in [0.25, 0.3) is 0 Å². The number of halogens is 1. The van der Waals surface area contributed by atoms with Gasteiger partial charge < -0.3 is 15.7 Å². The molecule has 2 aromatic rings. The number of hydrogen-bond donors (Lipinski definition) is 3. The minimum Gasteiger partial charge on any atom is -0.383 e. The summed E-state index contributed by atoms with van der Waals surface area (Å²) in [6.45, 7) is 7.41. The van der Waals surface area contributed by atoms with E-state index in [1.54, 1.807) is 29.1 Å². The molecule has 0 radical (unpaired) electrons. The second-order valence-electron chi connectivity index (χ2n) is 5.59. The van der Waals surface area contributed by atoms with Gasteiger partial charge in [0.25, 0.3) is 0 Å². The number of aromatic nitrogens is 3. The highest BCUT2D eigenvalue weighted by atomic mass is 127. The minimum atomic E-state index is -1.02. The summed E-state index contributed by atoms with van der Waals surface area (Å²) in [5.74, 6) is 0.671. The molecule has 0 fully saturated rings. The molecule has 24 heavy (non-hydrogen) atoms. The third-order valence-electron chi connectivity index (χ3n) is 3.50. The smallest absolute Gasteiger partial charge is 0.191 e. The van der Waals surface area contributed by atoms with Crippen LogP contribution in [0, 0.1) is 6.92 Å². The van der Waals surface area contributed by atoms with E-state index in [2.05, 4.69) is 25.7 Å². The second kappa shape index (κ2) is 9.33. The van der Waals surface area contributed by atoms with Crippen LogP contribution in [-0.2, 0) is 19.2 Å². The number of nitrogens with zero attached hydrogens (tertiary/aromatic N) is 4.